The Morgan fingerprint density at radius 1 is 1.05 bits per heavy atom. The quantitative estimate of drug-likeness (QED) is 0.759. The van der Waals surface area contributed by atoms with Gasteiger partial charge >= 0.3 is 0 Å². The van der Waals surface area contributed by atoms with Crippen LogP contribution < -0.4 is 9.47 Å². The van der Waals surface area contributed by atoms with E-state index in [4.69, 9.17) is 9.47 Å². The molecule has 0 aliphatic heterocycles. The second kappa shape index (κ2) is 7.12. The van der Waals surface area contributed by atoms with E-state index < -0.39 is 0 Å². The maximum atomic E-state index is 5.96. The minimum absolute atomic E-state index is 0.281. The van der Waals surface area contributed by atoms with Crippen LogP contribution in [-0.2, 0) is 6.61 Å². The molecular formula is C19H21NO2. The molecule has 0 amide bonds. The normalized spacial score (nSPS) is 15.5. The van der Waals surface area contributed by atoms with Crippen LogP contribution in [0.2, 0.25) is 0 Å². The predicted molar refractivity (Wildman–Crippen MR) is 87.0 cm³/mol. The molecule has 2 aromatic rings. The Labute approximate surface area is 131 Å². The van der Waals surface area contributed by atoms with Crippen LogP contribution in [0.15, 0.2) is 60.8 Å². The monoisotopic (exact) mass is 295 g/mol. The molecule has 0 bridgehead atoms. The average Bonchev–Trinajstić information content (AvgIpc) is 2.57. The molecule has 1 aliphatic carbocycles. The SMILES string of the molecule is C=C1CCC(Oc2ccc(OCc3ccccc3)nc2)CC1. The number of rotatable bonds is 5. The van der Waals surface area contributed by atoms with Crippen molar-refractivity contribution in [1.82, 2.24) is 4.98 Å². The summed E-state index contributed by atoms with van der Waals surface area (Å²) in [5.74, 6) is 1.43. The number of hydrogen-bond acceptors (Lipinski definition) is 3. The van der Waals surface area contributed by atoms with Crippen LogP contribution in [0.5, 0.6) is 11.6 Å². The molecule has 1 aliphatic rings. The van der Waals surface area contributed by atoms with Crippen molar-refractivity contribution in [3.05, 3.63) is 66.4 Å². The van der Waals surface area contributed by atoms with Crippen LogP contribution in [0.3, 0.4) is 0 Å². The van der Waals surface area contributed by atoms with Crippen molar-refractivity contribution in [3.8, 4) is 11.6 Å². The fourth-order valence-electron chi connectivity index (χ4n) is 2.56. The average molecular weight is 295 g/mol. The summed E-state index contributed by atoms with van der Waals surface area (Å²) in [5.41, 5.74) is 2.47. The van der Waals surface area contributed by atoms with E-state index in [-0.39, 0.29) is 6.10 Å². The van der Waals surface area contributed by atoms with E-state index in [1.807, 2.05) is 42.5 Å². The highest BCUT2D eigenvalue weighted by atomic mass is 16.5. The minimum atomic E-state index is 0.281. The topological polar surface area (TPSA) is 31.4 Å². The van der Waals surface area contributed by atoms with Gasteiger partial charge in [0.15, 0.2) is 0 Å². The third kappa shape index (κ3) is 4.10. The fourth-order valence-corrected chi connectivity index (χ4v) is 2.56. The molecule has 1 heterocycles. The Balaban J connectivity index is 1.51. The molecule has 1 saturated carbocycles. The van der Waals surface area contributed by atoms with Crippen LogP contribution in [0.1, 0.15) is 31.2 Å². The zero-order chi connectivity index (χ0) is 15.2. The van der Waals surface area contributed by atoms with Crippen LogP contribution in [0.4, 0.5) is 0 Å². The van der Waals surface area contributed by atoms with Gasteiger partial charge in [0, 0.05) is 6.07 Å². The molecule has 0 unspecified atom stereocenters. The molecule has 1 aromatic carbocycles. The summed E-state index contributed by atoms with van der Waals surface area (Å²) in [6, 6.07) is 13.9. The standard InChI is InChI=1S/C19H21NO2/c1-15-7-9-17(10-8-15)22-18-11-12-19(20-13-18)21-14-16-5-3-2-4-6-16/h2-6,11-13,17H,1,7-10,14H2. The van der Waals surface area contributed by atoms with E-state index in [9.17, 15) is 0 Å². The second-order valence-electron chi connectivity index (χ2n) is 5.67. The molecule has 3 rings (SSSR count). The Morgan fingerprint density at radius 2 is 1.82 bits per heavy atom. The zero-order valence-electron chi connectivity index (χ0n) is 12.7. The number of aromatic nitrogens is 1. The highest BCUT2D eigenvalue weighted by molar-refractivity contribution is 5.24. The lowest BCUT2D eigenvalue weighted by Gasteiger charge is -2.24. The zero-order valence-corrected chi connectivity index (χ0v) is 12.7. The van der Waals surface area contributed by atoms with E-state index in [0.29, 0.717) is 12.5 Å². The van der Waals surface area contributed by atoms with Gasteiger partial charge in [0.1, 0.15) is 12.4 Å². The molecule has 3 nitrogen and oxygen atoms in total. The molecule has 0 N–H and O–H groups in total. The van der Waals surface area contributed by atoms with Gasteiger partial charge in [-0.15, -0.1) is 0 Å². The lowest BCUT2D eigenvalue weighted by molar-refractivity contribution is 0.168. The molecule has 0 spiro atoms. The van der Waals surface area contributed by atoms with Crippen LogP contribution in [-0.4, -0.2) is 11.1 Å². The van der Waals surface area contributed by atoms with Gasteiger partial charge in [0.25, 0.3) is 0 Å². The van der Waals surface area contributed by atoms with E-state index in [2.05, 4.69) is 11.6 Å². The van der Waals surface area contributed by atoms with E-state index in [1.165, 1.54) is 5.57 Å². The lowest BCUT2D eigenvalue weighted by atomic mass is 9.94. The summed E-state index contributed by atoms with van der Waals surface area (Å²) in [6.07, 6.45) is 6.25. The van der Waals surface area contributed by atoms with Gasteiger partial charge in [0.05, 0.1) is 12.3 Å². The van der Waals surface area contributed by atoms with Crippen LogP contribution in [0.25, 0.3) is 0 Å². The molecule has 0 saturated heterocycles. The smallest absolute Gasteiger partial charge is 0.213 e. The molecule has 22 heavy (non-hydrogen) atoms. The maximum Gasteiger partial charge on any atom is 0.213 e. The Bertz CT molecular complexity index is 597. The van der Waals surface area contributed by atoms with Crippen molar-refractivity contribution >= 4 is 0 Å². The second-order valence-corrected chi connectivity index (χ2v) is 5.67. The minimum Gasteiger partial charge on any atom is -0.489 e. The van der Waals surface area contributed by atoms with Crippen molar-refractivity contribution in [1.29, 1.82) is 0 Å². The molecule has 3 heteroatoms. The van der Waals surface area contributed by atoms with Crippen molar-refractivity contribution in [2.75, 3.05) is 0 Å². The van der Waals surface area contributed by atoms with Crippen molar-refractivity contribution in [2.45, 2.75) is 38.4 Å². The molecule has 0 radical (unpaired) electrons. The molecule has 1 fully saturated rings. The summed E-state index contributed by atoms with van der Waals surface area (Å²) in [4.78, 5) is 4.31. The summed E-state index contributed by atoms with van der Waals surface area (Å²) in [7, 11) is 0. The van der Waals surface area contributed by atoms with Gasteiger partial charge in [-0.25, -0.2) is 4.98 Å². The van der Waals surface area contributed by atoms with Gasteiger partial charge < -0.3 is 9.47 Å². The van der Waals surface area contributed by atoms with E-state index >= 15 is 0 Å². The van der Waals surface area contributed by atoms with E-state index in [1.54, 1.807) is 6.20 Å². The number of benzene rings is 1. The maximum absolute atomic E-state index is 5.96. The van der Waals surface area contributed by atoms with Gasteiger partial charge in [-0.1, -0.05) is 42.5 Å². The third-order valence-electron chi connectivity index (χ3n) is 3.88. The Hall–Kier alpha value is -2.29. The summed E-state index contributed by atoms with van der Waals surface area (Å²) >= 11 is 0. The van der Waals surface area contributed by atoms with Crippen LogP contribution in [0, 0.1) is 0 Å². The Kier molecular flexibility index (Phi) is 4.74. The summed E-state index contributed by atoms with van der Waals surface area (Å²) in [6.45, 7) is 4.55. The van der Waals surface area contributed by atoms with E-state index in [0.717, 1.165) is 37.0 Å². The van der Waals surface area contributed by atoms with Crippen molar-refractivity contribution in [3.63, 3.8) is 0 Å². The first-order chi connectivity index (χ1) is 10.8. The van der Waals surface area contributed by atoms with Gasteiger partial charge in [0.2, 0.25) is 5.88 Å². The highest BCUT2D eigenvalue weighted by Gasteiger charge is 2.17. The summed E-state index contributed by atoms with van der Waals surface area (Å²) < 4.78 is 11.6. The third-order valence-corrected chi connectivity index (χ3v) is 3.88. The van der Waals surface area contributed by atoms with Crippen molar-refractivity contribution < 1.29 is 9.47 Å². The number of hydrogen-bond donors (Lipinski definition) is 0. The van der Waals surface area contributed by atoms with Crippen LogP contribution >= 0.6 is 0 Å². The summed E-state index contributed by atoms with van der Waals surface area (Å²) in [5, 5.41) is 0. The number of pyridine rings is 1. The molecule has 114 valence electrons. The first-order valence-corrected chi connectivity index (χ1v) is 7.76. The highest BCUT2D eigenvalue weighted by Crippen LogP contribution is 2.26. The number of allylic oxidation sites excluding steroid dienone is 1. The van der Waals surface area contributed by atoms with Crippen molar-refractivity contribution in [2.24, 2.45) is 0 Å². The first-order valence-electron chi connectivity index (χ1n) is 7.76. The van der Waals surface area contributed by atoms with Gasteiger partial charge in [-0.2, -0.15) is 0 Å². The first kappa shape index (κ1) is 14.6. The largest absolute Gasteiger partial charge is 0.489 e. The number of nitrogens with zero attached hydrogens (tertiary/aromatic N) is 1. The molecular weight excluding hydrogens is 274 g/mol. The molecule has 1 aromatic heterocycles. The molecule has 0 atom stereocenters. The van der Waals surface area contributed by atoms with Gasteiger partial charge in [-0.3, -0.25) is 0 Å². The Morgan fingerprint density at radius 3 is 2.50 bits per heavy atom. The lowest BCUT2D eigenvalue weighted by Crippen LogP contribution is -2.20. The fraction of sp³-hybridized carbons (Fsp3) is 0.316. The van der Waals surface area contributed by atoms with Gasteiger partial charge in [-0.05, 0) is 37.3 Å². The number of ether oxygens (including phenoxy) is 2. The predicted octanol–water partition coefficient (Wildman–Crippen LogP) is 4.54.